The van der Waals surface area contributed by atoms with E-state index in [4.69, 9.17) is 0 Å². The van der Waals surface area contributed by atoms with Crippen LogP contribution in [0, 0.1) is 11.7 Å². The third kappa shape index (κ3) is 5.58. The maximum absolute atomic E-state index is 13.1. The van der Waals surface area contributed by atoms with Crippen LogP contribution in [-0.2, 0) is 19.6 Å². The molecule has 0 bridgehead atoms. The third-order valence-corrected chi connectivity index (χ3v) is 7.10. The molecule has 2 N–H and O–H groups in total. The minimum Gasteiger partial charge on any atom is -0.355 e. The highest BCUT2D eigenvalue weighted by atomic mass is 32.2. The van der Waals surface area contributed by atoms with Gasteiger partial charge in [0.2, 0.25) is 21.8 Å². The van der Waals surface area contributed by atoms with E-state index in [9.17, 15) is 22.4 Å². The monoisotopic (exact) mass is 440 g/mol. The van der Waals surface area contributed by atoms with E-state index in [1.165, 1.54) is 27.8 Å². The van der Waals surface area contributed by atoms with Crippen molar-refractivity contribution in [1.29, 1.82) is 0 Å². The highest BCUT2D eigenvalue weighted by molar-refractivity contribution is 7.89. The van der Waals surface area contributed by atoms with Gasteiger partial charge in [0.05, 0.1) is 10.8 Å². The molecule has 1 aromatic heterocycles. The summed E-state index contributed by atoms with van der Waals surface area (Å²) in [5, 5.41) is 7.56. The van der Waals surface area contributed by atoms with E-state index in [1.807, 2.05) is 0 Å². The largest absolute Gasteiger partial charge is 0.355 e. The first-order valence-corrected chi connectivity index (χ1v) is 11.4. The number of carbonyl (C=O) groups excluding carboxylic acids is 2. The molecule has 2 amide bonds. The first kappa shape index (κ1) is 21.3. The Balaban J connectivity index is 1.51. The highest BCUT2D eigenvalue weighted by Crippen LogP contribution is 2.24. The number of piperidine rings is 1. The van der Waals surface area contributed by atoms with Gasteiger partial charge in [0.25, 0.3) is 0 Å². The summed E-state index contributed by atoms with van der Waals surface area (Å²) in [6.07, 6.45) is 2.78. The Labute approximate surface area is 172 Å². The molecule has 0 aliphatic carbocycles. The fourth-order valence-electron chi connectivity index (χ4n) is 3.04. The van der Waals surface area contributed by atoms with Gasteiger partial charge in [-0.1, -0.05) is 0 Å². The van der Waals surface area contributed by atoms with Gasteiger partial charge in [-0.05, 0) is 37.1 Å². The molecule has 1 atom stereocenters. The maximum atomic E-state index is 13.1. The lowest BCUT2D eigenvalue weighted by molar-refractivity contribution is -0.126. The summed E-state index contributed by atoms with van der Waals surface area (Å²) in [5.41, 5.74) is 0. The van der Waals surface area contributed by atoms with Crippen molar-refractivity contribution in [3.8, 4) is 0 Å². The molecule has 8 nitrogen and oxygen atoms in total. The summed E-state index contributed by atoms with van der Waals surface area (Å²) in [4.78, 5) is 28.2. The van der Waals surface area contributed by atoms with E-state index in [-0.39, 0.29) is 36.2 Å². The Hall–Kier alpha value is -2.37. The SMILES string of the molecule is O=C(CCNC(=O)[C@@H]1CCCN(S(=O)(=O)c2ccc(F)cc2)C1)Nc1nccs1. The van der Waals surface area contributed by atoms with Crippen LogP contribution in [0.15, 0.2) is 40.7 Å². The van der Waals surface area contributed by atoms with Crippen LogP contribution >= 0.6 is 11.3 Å². The Morgan fingerprint density at radius 3 is 2.72 bits per heavy atom. The molecule has 0 saturated carbocycles. The lowest BCUT2D eigenvalue weighted by Crippen LogP contribution is -2.45. The second kappa shape index (κ2) is 9.42. The predicted molar refractivity (Wildman–Crippen MR) is 106 cm³/mol. The molecule has 1 fully saturated rings. The van der Waals surface area contributed by atoms with Crippen LogP contribution in [0.3, 0.4) is 0 Å². The number of rotatable bonds is 7. The van der Waals surface area contributed by atoms with E-state index < -0.39 is 21.8 Å². The first-order valence-electron chi connectivity index (χ1n) is 9.09. The molecule has 1 aliphatic heterocycles. The molecule has 0 spiro atoms. The third-order valence-electron chi connectivity index (χ3n) is 4.54. The predicted octanol–water partition coefficient (Wildman–Crippen LogP) is 1.83. The quantitative estimate of drug-likeness (QED) is 0.683. The van der Waals surface area contributed by atoms with Crippen LogP contribution in [0.5, 0.6) is 0 Å². The van der Waals surface area contributed by atoms with E-state index in [0.717, 1.165) is 12.1 Å². The van der Waals surface area contributed by atoms with Crippen molar-refractivity contribution >= 4 is 38.3 Å². The van der Waals surface area contributed by atoms with Crippen molar-refractivity contribution in [2.24, 2.45) is 5.92 Å². The van der Waals surface area contributed by atoms with Crippen molar-refractivity contribution < 1.29 is 22.4 Å². The minimum absolute atomic E-state index is 0.00110. The molecule has 11 heteroatoms. The summed E-state index contributed by atoms with van der Waals surface area (Å²) in [6.45, 7) is 0.508. The highest BCUT2D eigenvalue weighted by Gasteiger charge is 2.33. The van der Waals surface area contributed by atoms with Gasteiger partial charge in [0, 0.05) is 37.6 Å². The molecule has 0 radical (unpaired) electrons. The van der Waals surface area contributed by atoms with Crippen LogP contribution in [0.4, 0.5) is 9.52 Å². The zero-order valence-electron chi connectivity index (χ0n) is 15.5. The van der Waals surface area contributed by atoms with Gasteiger partial charge in [0.15, 0.2) is 5.13 Å². The second-order valence-corrected chi connectivity index (χ2v) is 9.42. The molecule has 1 aliphatic rings. The number of anilines is 1. The van der Waals surface area contributed by atoms with Gasteiger partial charge in [-0.25, -0.2) is 17.8 Å². The number of halogens is 1. The van der Waals surface area contributed by atoms with Crippen molar-refractivity contribution in [3.63, 3.8) is 0 Å². The zero-order valence-corrected chi connectivity index (χ0v) is 17.1. The molecule has 3 rings (SSSR count). The molecule has 29 heavy (non-hydrogen) atoms. The number of aromatic nitrogens is 1. The summed E-state index contributed by atoms with van der Waals surface area (Å²) in [6, 6.07) is 4.63. The molecule has 1 saturated heterocycles. The van der Waals surface area contributed by atoms with Gasteiger partial charge >= 0.3 is 0 Å². The van der Waals surface area contributed by atoms with Gasteiger partial charge in [-0.3, -0.25) is 9.59 Å². The molecule has 156 valence electrons. The van der Waals surface area contributed by atoms with Crippen molar-refractivity contribution in [2.75, 3.05) is 25.0 Å². The van der Waals surface area contributed by atoms with E-state index >= 15 is 0 Å². The Morgan fingerprint density at radius 1 is 1.28 bits per heavy atom. The minimum atomic E-state index is -3.79. The summed E-state index contributed by atoms with van der Waals surface area (Å²) >= 11 is 1.30. The van der Waals surface area contributed by atoms with Gasteiger partial charge < -0.3 is 10.6 Å². The van der Waals surface area contributed by atoms with Gasteiger partial charge in [0.1, 0.15) is 5.82 Å². The average Bonchev–Trinajstić information content (AvgIpc) is 3.21. The first-order chi connectivity index (χ1) is 13.9. The zero-order chi connectivity index (χ0) is 20.9. The molecular formula is C18H21FN4O4S2. The fraction of sp³-hybridized carbons (Fsp3) is 0.389. The summed E-state index contributed by atoms with van der Waals surface area (Å²) in [7, 11) is -3.79. The van der Waals surface area contributed by atoms with Crippen molar-refractivity contribution in [2.45, 2.75) is 24.2 Å². The van der Waals surface area contributed by atoms with Crippen molar-refractivity contribution in [1.82, 2.24) is 14.6 Å². The number of nitrogens with zero attached hydrogens (tertiary/aromatic N) is 2. The molecule has 0 unspecified atom stereocenters. The summed E-state index contributed by atoms with van der Waals surface area (Å²) < 4.78 is 39.8. The topological polar surface area (TPSA) is 108 Å². The van der Waals surface area contributed by atoms with E-state index in [1.54, 1.807) is 11.6 Å². The molecule has 1 aromatic carbocycles. The number of amides is 2. The molecule has 2 aromatic rings. The van der Waals surface area contributed by atoms with Crippen LogP contribution < -0.4 is 10.6 Å². The number of carbonyl (C=O) groups is 2. The maximum Gasteiger partial charge on any atom is 0.243 e. The smallest absolute Gasteiger partial charge is 0.243 e. The number of sulfonamides is 1. The standard InChI is InChI=1S/C18H21FN4O4S2/c19-14-3-5-15(6-4-14)29(26,27)23-10-1-2-13(12-23)17(25)20-8-7-16(24)22-18-21-9-11-28-18/h3-6,9,11,13H,1-2,7-8,10,12H2,(H,20,25)(H,21,22,24)/t13-/m1/s1. The molecule has 2 heterocycles. The lowest BCUT2D eigenvalue weighted by atomic mass is 9.99. The van der Waals surface area contributed by atoms with E-state index in [2.05, 4.69) is 15.6 Å². The fourth-order valence-corrected chi connectivity index (χ4v) is 5.11. The number of hydrogen-bond acceptors (Lipinski definition) is 6. The van der Waals surface area contributed by atoms with Crippen LogP contribution in [-0.4, -0.2) is 49.2 Å². The average molecular weight is 441 g/mol. The Bertz CT molecular complexity index is 949. The van der Waals surface area contributed by atoms with Crippen molar-refractivity contribution in [3.05, 3.63) is 41.7 Å². The van der Waals surface area contributed by atoms with Crippen LogP contribution in [0.1, 0.15) is 19.3 Å². The molecular weight excluding hydrogens is 419 g/mol. The number of thiazole rings is 1. The van der Waals surface area contributed by atoms with Crippen LogP contribution in [0.25, 0.3) is 0 Å². The number of hydrogen-bond donors (Lipinski definition) is 2. The van der Waals surface area contributed by atoms with Gasteiger partial charge in [-0.2, -0.15) is 4.31 Å². The number of nitrogens with one attached hydrogen (secondary N) is 2. The number of benzene rings is 1. The van der Waals surface area contributed by atoms with E-state index in [0.29, 0.717) is 24.5 Å². The lowest BCUT2D eigenvalue weighted by Gasteiger charge is -2.31. The van der Waals surface area contributed by atoms with Gasteiger partial charge in [-0.15, -0.1) is 11.3 Å². The normalized spacial score (nSPS) is 17.6. The second-order valence-electron chi connectivity index (χ2n) is 6.58. The summed E-state index contributed by atoms with van der Waals surface area (Å²) in [5.74, 6) is -1.56. The Kier molecular flexibility index (Phi) is 6.93. The van der Waals surface area contributed by atoms with Crippen LogP contribution in [0.2, 0.25) is 0 Å². The Morgan fingerprint density at radius 2 is 2.03 bits per heavy atom.